The second kappa shape index (κ2) is 8.55. The second-order valence-corrected chi connectivity index (χ2v) is 8.22. The summed E-state index contributed by atoms with van der Waals surface area (Å²) in [7, 11) is 0. The van der Waals surface area contributed by atoms with Crippen LogP contribution in [0.25, 0.3) is 0 Å². The molecule has 0 aromatic carbocycles. The number of aromatic nitrogens is 1. The highest BCUT2D eigenvalue weighted by atomic mass is 19.2. The Bertz CT molecular complexity index is 559. The van der Waals surface area contributed by atoms with E-state index in [4.69, 9.17) is 0 Å². The summed E-state index contributed by atoms with van der Waals surface area (Å²) in [4.78, 5) is 3.01. The summed E-state index contributed by atoms with van der Waals surface area (Å²) in [6.07, 6.45) is 13.2. The van der Waals surface area contributed by atoms with Crippen molar-refractivity contribution in [1.29, 1.82) is 0 Å². The molecule has 0 unspecified atom stereocenters. The van der Waals surface area contributed by atoms with E-state index in [-0.39, 0.29) is 5.56 Å². The van der Waals surface area contributed by atoms with Crippen LogP contribution >= 0.6 is 0 Å². The maximum absolute atomic E-state index is 13.6. The fourth-order valence-corrected chi connectivity index (χ4v) is 5.03. The Balaban J connectivity index is 1.43. The minimum absolute atomic E-state index is 0.207. The molecular weight excluding hydrogens is 323 g/mol. The lowest BCUT2D eigenvalue weighted by molar-refractivity contribution is 0.142. The standard InChI is InChI=1S/C21H30F3N/c1-2-14-3-8-16(9-4-14)17-10-5-15(6-11-17)7-12-18-13-19(22)21(24)25-20(18)23/h13-17H,2-12H2,1H3. The van der Waals surface area contributed by atoms with Crippen molar-refractivity contribution in [3.63, 3.8) is 0 Å². The molecule has 25 heavy (non-hydrogen) atoms. The zero-order valence-electron chi connectivity index (χ0n) is 15.2. The number of halogens is 3. The van der Waals surface area contributed by atoms with Crippen molar-refractivity contribution in [2.75, 3.05) is 0 Å². The third-order valence-electron chi connectivity index (χ3n) is 6.81. The maximum atomic E-state index is 13.6. The van der Waals surface area contributed by atoms with Gasteiger partial charge in [-0.15, -0.1) is 0 Å². The first kappa shape index (κ1) is 18.7. The molecular formula is C21H30F3N. The van der Waals surface area contributed by atoms with Crippen LogP contribution in [0, 0.1) is 41.4 Å². The molecule has 2 saturated carbocycles. The predicted octanol–water partition coefficient (Wildman–Crippen LogP) is 6.45. The Morgan fingerprint density at radius 1 is 0.840 bits per heavy atom. The monoisotopic (exact) mass is 353 g/mol. The first-order chi connectivity index (χ1) is 12.1. The number of aryl methyl sites for hydroxylation is 1. The fraction of sp³-hybridized carbons (Fsp3) is 0.762. The Morgan fingerprint density at radius 2 is 1.40 bits per heavy atom. The van der Waals surface area contributed by atoms with E-state index >= 15 is 0 Å². The van der Waals surface area contributed by atoms with Crippen molar-refractivity contribution in [3.8, 4) is 0 Å². The molecule has 0 spiro atoms. The van der Waals surface area contributed by atoms with E-state index in [1.165, 1.54) is 57.8 Å². The normalized spacial score (nSPS) is 30.4. The quantitative estimate of drug-likeness (QED) is 0.554. The van der Waals surface area contributed by atoms with Gasteiger partial charge in [0.1, 0.15) is 0 Å². The molecule has 1 aromatic rings. The topological polar surface area (TPSA) is 12.9 Å². The third kappa shape index (κ3) is 4.77. The van der Waals surface area contributed by atoms with E-state index in [0.29, 0.717) is 12.3 Å². The van der Waals surface area contributed by atoms with Gasteiger partial charge >= 0.3 is 0 Å². The van der Waals surface area contributed by atoms with Crippen molar-refractivity contribution < 1.29 is 13.2 Å². The van der Waals surface area contributed by atoms with Crippen LogP contribution < -0.4 is 0 Å². The lowest BCUT2D eigenvalue weighted by Crippen LogP contribution is -2.26. The zero-order chi connectivity index (χ0) is 17.8. The van der Waals surface area contributed by atoms with Gasteiger partial charge in [0.2, 0.25) is 5.95 Å². The molecule has 2 fully saturated rings. The van der Waals surface area contributed by atoms with E-state index < -0.39 is 17.7 Å². The molecule has 0 amide bonds. The molecule has 0 N–H and O–H groups in total. The van der Waals surface area contributed by atoms with E-state index in [9.17, 15) is 13.2 Å². The number of nitrogens with zero attached hydrogens (tertiary/aromatic N) is 1. The molecule has 0 radical (unpaired) electrons. The van der Waals surface area contributed by atoms with Crippen LogP contribution in [-0.4, -0.2) is 4.98 Å². The summed E-state index contributed by atoms with van der Waals surface area (Å²) < 4.78 is 39.8. The Morgan fingerprint density at radius 3 is 1.96 bits per heavy atom. The lowest BCUT2D eigenvalue weighted by Gasteiger charge is -2.37. The highest BCUT2D eigenvalue weighted by molar-refractivity contribution is 5.13. The number of rotatable bonds is 5. The van der Waals surface area contributed by atoms with Crippen LogP contribution in [0.5, 0.6) is 0 Å². The minimum Gasteiger partial charge on any atom is -0.202 e. The molecule has 1 nitrogen and oxygen atoms in total. The summed E-state index contributed by atoms with van der Waals surface area (Å²) in [5.74, 6) is 0.0536. The fourth-order valence-electron chi connectivity index (χ4n) is 5.03. The summed E-state index contributed by atoms with van der Waals surface area (Å²) in [6.45, 7) is 2.31. The van der Waals surface area contributed by atoms with Crippen molar-refractivity contribution >= 4 is 0 Å². The van der Waals surface area contributed by atoms with Gasteiger partial charge in [-0.05, 0) is 68.3 Å². The summed E-state index contributed by atoms with van der Waals surface area (Å²) in [5, 5.41) is 0. The highest BCUT2D eigenvalue weighted by Gasteiger charge is 2.30. The lowest BCUT2D eigenvalue weighted by atomic mass is 9.68. The van der Waals surface area contributed by atoms with Gasteiger partial charge in [0.05, 0.1) is 0 Å². The minimum atomic E-state index is -1.35. The van der Waals surface area contributed by atoms with E-state index in [1.807, 2.05) is 0 Å². The average molecular weight is 353 g/mol. The van der Waals surface area contributed by atoms with Gasteiger partial charge < -0.3 is 0 Å². The van der Waals surface area contributed by atoms with Crippen LogP contribution in [0.4, 0.5) is 13.2 Å². The summed E-state index contributed by atoms with van der Waals surface area (Å²) >= 11 is 0. The van der Waals surface area contributed by atoms with E-state index in [2.05, 4.69) is 11.9 Å². The van der Waals surface area contributed by atoms with E-state index in [1.54, 1.807) is 0 Å². The SMILES string of the molecule is CCC1CCC(C2CCC(CCc3cc(F)c(F)nc3F)CC2)CC1. The number of hydrogen-bond donors (Lipinski definition) is 0. The number of pyridine rings is 1. The molecule has 0 saturated heterocycles. The van der Waals surface area contributed by atoms with Gasteiger partial charge in [-0.25, -0.2) is 4.39 Å². The molecule has 1 heterocycles. The van der Waals surface area contributed by atoms with Crippen LogP contribution in [0.15, 0.2) is 6.07 Å². The molecule has 140 valence electrons. The maximum Gasteiger partial charge on any atom is 0.251 e. The molecule has 0 bridgehead atoms. The van der Waals surface area contributed by atoms with Gasteiger partial charge in [-0.2, -0.15) is 13.8 Å². The van der Waals surface area contributed by atoms with Crippen LogP contribution in [0.1, 0.15) is 76.7 Å². The molecule has 1 aromatic heterocycles. The Hall–Kier alpha value is -1.06. The predicted molar refractivity (Wildman–Crippen MR) is 93.6 cm³/mol. The van der Waals surface area contributed by atoms with E-state index in [0.717, 1.165) is 30.2 Å². The smallest absolute Gasteiger partial charge is 0.202 e. The van der Waals surface area contributed by atoms with Crippen molar-refractivity contribution in [2.24, 2.45) is 23.7 Å². The van der Waals surface area contributed by atoms with Gasteiger partial charge in [0, 0.05) is 5.56 Å². The second-order valence-electron chi connectivity index (χ2n) is 8.22. The molecule has 3 rings (SSSR count). The third-order valence-corrected chi connectivity index (χ3v) is 6.81. The van der Waals surface area contributed by atoms with Gasteiger partial charge in [-0.3, -0.25) is 0 Å². The molecule has 4 heteroatoms. The Kier molecular flexibility index (Phi) is 6.40. The Labute approximate surface area is 149 Å². The summed E-state index contributed by atoms with van der Waals surface area (Å²) in [5.41, 5.74) is 0.207. The van der Waals surface area contributed by atoms with Crippen LogP contribution in [0.2, 0.25) is 0 Å². The first-order valence-corrected chi connectivity index (χ1v) is 10.1. The zero-order valence-corrected chi connectivity index (χ0v) is 15.2. The molecule has 2 aliphatic carbocycles. The molecule has 2 aliphatic rings. The molecule has 0 aliphatic heterocycles. The first-order valence-electron chi connectivity index (χ1n) is 10.1. The van der Waals surface area contributed by atoms with Gasteiger partial charge in [-0.1, -0.05) is 39.0 Å². The van der Waals surface area contributed by atoms with Crippen LogP contribution in [-0.2, 0) is 6.42 Å². The van der Waals surface area contributed by atoms with Gasteiger partial charge in [0.25, 0.3) is 5.95 Å². The number of hydrogen-bond acceptors (Lipinski definition) is 1. The summed E-state index contributed by atoms with van der Waals surface area (Å²) in [6, 6.07) is 0.968. The highest BCUT2D eigenvalue weighted by Crippen LogP contribution is 2.42. The molecule has 0 atom stereocenters. The van der Waals surface area contributed by atoms with Crippen molar-refractivity contribution in [2.45, 2.75) is 77.6 Å². The van der Waals surface area contributed by atoms with Gasteiger partial charge in [0.15, 0.2) is 5.82 Å². The largest absolute Gasteiger partial charge is 0.251 e. The van der Waals surface area contributed by atoms with Crippen molar-refractivity contribution in [3.05, 3.63) is 29.3 Å². The van der Waals surface area contributed by atoms with Crippen LogP contribution in [0.3, 0.4) is 0 Å². The average Bonchev–Trinajstić information content (AvgIpc) is 2.64. The van der Waals surface area contributed by atoms with Crippen molar-refractivity contribution in [1.82, 2.24) is 4.98 Å².